The van der Waals surface area contributed by atoms with E-state index in [1.165, 1.54) is 17.7 Å². The van der Waals surface area contributed by atoms with Gasteiger partial charge < -0.3 is 29.5 Å². The van der Waals surface area contributed by atoms with Crippen LogP contribution in [0.3, 0.4) is 0 Å². The van der Waals surface area contributed by atoms with Gasteiger partial charge in [0.15, 0.2) is 23.4 Å². The van der Waals surface area contributed by atoms with Crippen molar-refractivity contribution in [2.75, 3.05) is 33.2 Å². The minimum absolute atomic E-state index is 0.0252. The summed E-state index contributed by atoms with van der Waals surface area (Å²) in [6, 6.07) is 12.8. The second kappa shape index (κ2) is 11.5. The molecule has 1 saturated heterocycles. The molecule has 10 heteroatoms. The predicted molar refractivity (Wildman–Crippen MR) is 158 cm³/mol. The Bertz CT molecular complexity index is 1400. The van der Waals surface area contributed by atoms with Gasteiger partial charge in [-0.3, -0.25) is 9.69 Å². The molecule has 0 bridgehead atoms. The Morgan fingerprint density at radius 1 is 1.16 bits per heavy atom. The van der Waals surface area contributed by atoms with Crippen LogP contribution in [0.1, 0.15) is 55.7 Å². The number of aryl methyl sites for hydroxylation is 1. The van der Waals surface area contributed by atoms with Gasteiger partial charge in [0.25, 0.3) is 0 Å². The number of hydrogen-bond acceptors (Lipinski definition) is 8. The van der Waals surface area contributed by atoms with E-state index in [0.29, 0.717) is 24.5 Å². The molecule has 1 spiro atoms. The first-order chi connectivity index (χ1) is 20.6. The molecule has 3 fully saturated rings. The van der Waals surface area contributed by atoms with E-state index in [4.69, 9.17) is 14.2 Å². The quantitative estimate of drug-likeness (QED) is 0.474. The van der Waals surface area contributed by atoms with Crippen LogP contribution >= 0.6 is 0 Å². The molecular weight excluding hydrogens is 550 g/mol. The van der Waals surface area contributed by atoms with Crippen molar-refractivity contribution in [2.24, 2.45) is 5.92 Å². The van der Waals surface area contributed by atoms with E-state index in [1.807, 2.05) is 43.3 Å². The molecule has 6 rings (SSSR count). The van der Waals surface area contributed by atoms with Crippen molar-refractivity contribution in [3.05, 3.63) is 59.2 Å². The molecule has 2 heterocycles. The van der Waals surface area contributed by atoms with Crippen molar-refractivity contribution < 1.29 is 33.7 Å². The summed E-state index contributed by atoms with van der Waals surface area (Å²) in [5.41, 5.74) is 0.500. The maximum atomic E-state index is 13.4. The van der Waals surface area contributed by atoms with Gasteiger partial charge in [-0.15, -0.1) is 0 Å². The number of benzene rings is 2. The number of ether oxygens (including phenoxy) is 3. The summed E-state index contributed by atoms with van der Waals surface area (Å²) in [5, 5.41) is 15.1. The molecule has 4 atom stereocenters. The van der Waals surface area contributed by atoms with Gasteiger partial charge in [-0.05, 0) is 69.2 Å². The van der Waals surface area contributed by atoms with Crippen molar-refractivity contribution in [2.45, 2.75) is 75.7 Å². The lowest BCUT2D eigenvalue weighted by Crippen LogP contribution is -2.74. The molecule has 2 aliphatic carbocycles. The number of nitrogens with one attached hydrogen (secondary N) is 1. The second-order valence-corrected chi connectivity index (χ2v) is 12.6. The summed E-state index contributed by atoms with van der Waals surface area (Å²) in [7, 11) is 1.58. The highest BCUT2D eigenvalue weighted by atomic mass is 16.6. The number of rotatable bonds is 8. The lowest BCUT2D eigenvalue weighted by molar-refractivity contribution is -0.181. The molecule has 2 saturated carbocycles. The Morgan fingerprint density at radius 2 is 1.93 bits per heavy atom. The molecule has 2 amide bonds. The largest absolute Gasteiger partial charge is 0.477 e. The second-order valence-electron chi connectivity index (χ2n) is 12.6. The van der Waals surface area contributed by atoms with Crippen LogP contribution in [0.4, 0.5) is 9.59 Å². The number of ketones is 1. The van der Waals surface area contributed by atoms with E-state index < -0.39 is 29.3 Å². The standard InChI is InChI=1S/C33H41N3O7/c1-21-9-12-26(42-31(39)35(3)18-16-34-30(38)41-20-24-7-5-4-6-8-24)28-27(21)32-15-17-36(19-23-10-11-23)22(2)33(32,40)14-13-25(37)29(32)43-28/h4-9,12,22-23,29,40H,10-11,13-20H2,1-3H3,(H,34,38)/t22-,29+,32+,33-/m1/s1. The molecule has 0 aromatic heterocycles. The number of hydrogen-bond donors (Lipinski definition) is 2. The van der Waals surface area contributed by atoms with Crippen LogP contribution < -0.4 is 14.8 Å². The fourth-order valence-electron chi connectivity index (χ4n) is 7.33. The molecule has 230 valence electrons. The van der Waals surface area contributed by atoms with Gasteiger partial charge in [0.2, 0.25) is 0 Å². The van der Waals surface area contributed by atoms with Crippen LogP contribution in [0.25, 0.3) is 0 Å². The van der Waals surface area contributed by atoms with Crippen molar-refractivity contribution in [1.29, 1.82) is 0 Å². The first-order valence-corrected chi connectivity index (χ1v) is 15.3. The van der Waals surface area contributed by atoms with E-state index in [9.17, 15) is 19.5 Å². The average Bonchev–Trinajstić information content (AvgIpc) is 3.75. The van der Waals surface area contributed by atoms with Gasteiger partial charge in [0, 0.05) is 44.7 Å². The Morgan fingerprint density at radius 3 is 2.67 bits per heavy atom. The number of piperidine rings is 1. The minimum atomic E-state index is -1.16. The summed E-state index contributed by atoms with van der Waals surface area (Å²) < 4.78 is 17.4. The SMILES string of the molecule is Cc1ccc(OC(=O)N(C)CCNC(=O)OCc2ccccc2)c2c1[C@]13CCN(CC4CC4)[C@H](C)[C@]1(O)CCC(=O)[C@@H]3O2. The number of carbonyl (C=O) groups is 3. The summed E-state index contributed by atoms with van der Waals surface area (Å²) in [5.74, 6) is 1.25. The molecule has 4 aliphatic rings. The average molecular weight is 592 g/mol. The highest BCUT2D eigenvalue weighted by molar-refractivity contribution is 5.90. The van der Waals surface area contributed by atoms with E-state index in [1.54, 1.807) is 13.1 Å². The van der Waals surface area contributed by atoms with Gasteiger partial charge in [-0.25, -0.2) is 9.59 Å². The van der Waals surface area contributed by atoms with Crippen LogP contribution in [0.2, 0.25) is 0 Å². The summed E-state index contributed by atoms with van der Waals surface area (Å²) in [4.78, 5) is 42.3. The first-order valence-electron chi connectivity index (χ1n) is 15.3. The number of alkyl carbamates (subject to hydrolysis) is 1. The van der Waals surface area contributed by atoms with Crippen molar-refractivity contribution in [3.63, 3.8) is 0 Å². The Balaban J connectivity index is 1.15. The monoisotopic (exact) mass is 591 g/mol. The molecule has 0 unspecified atom stereocenters. The number of likely N-dealkylation sites (N-methyl/N-ethyl adjacent to an activating group) is 1. The lowest BCUT2D eigenvalue weighted by atomic mass is 9.52. The number of likely N-dealkylation sites (tertiary alicyclic amines) is 1. The van der Waals surface area contributed by atoms with Crippen LogP contribution in [0.15, 0.2) is 42.5 Å². The fraction of sp³-hybridized carbons (Fsp3) is 0.545. The molecule has 43 heavy (non-hydrogen) atoms. The molecule has 10 nitrogen and oxygen atoms in total. The molecular formula is C33H41N3O7. The van der Waals surface area contributed by atoms with E-state index in [2.05, 4.69) is 17.1 Å². The summed E-state index contributed by atoms with van der Waals surface area (Å²) >= 11 is 0. The predicted octanol–water partition coefficient (Wildman–Crippen LogP) is 3.95. The number of nitrogens with zero attached hydrogens (tertiary/aromatic N) is 2. The Hall–Kier alpha value is -3.63. The van der Waals surface area contributed by atoms with Crippen molar-refractivity contribution in [3.8, 4) is 11.5 Å². The number of aliphatic hydroxyl groups is 1. The Labute approximate surface area is 252 Å². The van der Waals surface area contributed by atoms with E-state index in [-0.39, 0.29) is 43.7 Å². The first kappa shape index (κ1) is 29.4. The highest BCUT2D eigenvalue weighted by Crippen LogP contribution is 2.62. The van der Waals surface area contributed by atoms with Gasteiger partial charge in [-0.2, -0.15) is 0 Å². The molecule has 2 aromatic carbocycles. The normalized spacial score (nSPS) is 27.8. The highest BCUT2D eigenvalue weighted by Gasteiger charge is 2.70. The van der Waals surface area contributed by atoms with Gasteiger partial charge in [0.1, 0.15) is 6.61 Å². The summed E-state index contributed by atoms with van der Waals surface area (Å²) in [6.45, 7) is 6.28. The molecule has 0 radical (unpaired) electrons. The third kappa shape index (κ3) is 5.25. The van der Waals surface area contributed by atoms with Crippen molar-refractivity contribution in [1.82, 2.24) is 15.1 Å². The maximum Gasteiger partial charge on any atom is 0.415 e. The number of amides is 2. The van der Waals surface area contributed by atoms with Gasteiger partial charge in [0.05, 0.1) is 11.0 Å². The molecule has 2 N–H and O–H groups in total. The maximum absolute atomic E-state index is 13.4. The topological polar surface area (TPSA) is 118 Å². The van der Waals surface area contributed by atoms with Crippen molar-refractivity contribution >= 4 is 18.0 Å². The Kier molecular flexibility index (Phi) is 7.85. The smallest absolute Gasteiger partial charge is 0.415 e. The van der Waals surface area contributed by atoms with Crippen LogP contribution in [0, 0.1) is 12.8 Å². The van der Waals surface area contributed by atoms with Gasteiger partial charge in [-0.1, -0.05) is 36.4 Å². The molecule has 2 aliphatic heterocycles. The minimum Gasteiger partial charge on any atom is -0.477 e. The van der Waals surface area contributed by atoms with Crippen LogP contribution in [0.5, 0.6) is 11.5 Å². The zero-order valence-corrected chi connectivity index (χ0v) is 25.1. The zero-order valence-electron chi connectivity index (χ0n) is 25.1. The van der Waals surface area contributed by atoms with E-state index >= 15 is 0 Å². The fourth-order valence-corrected chi connectivity index (χ4v) is 7.33. The number of carbonyl (C=O) groups excluding carboxylic acids is 3. The lowest BCUT2D eigenvalue weighted by Gasteiger charge is -2.59. The van der Waals surface area contributed by atoms with Gasteiger partial charge >= 0.3 is 12.2 Å². The third-order valence-electron chi connectivity index (χ3n) is 9.94. The molecule has 2 aromatic rings. The third-order valence-corrected chi connectivity index (χ3v) is 9.94. The van der Waals surface area contributed by atoms with E-state index in [0.717, 1.165) is 29.8 Å². The number of fused-ring (bicyclic) bond motifs is 1. The van der Waals surface area contributed by atoms with Crippen LogP contribution in [-0.4, -0.2) is 83.8 Å². The van der Waals surface area contributed by atoms with Crippen LogP contribution in [-0.2, 0) is 21.6 Å². The summed E-state index contributed by atoms with van der Waals surface area (Å²) in [6.07, 6.45) is 1.65. The number of Topliss-reactive ketones (excluding diaryl/α,β-unsaturated/α-hetero) is 1. The zero-order chi connectivity index (χ0) is 30.4.